The Hall–Kier alpha value is 0.170. The summed E-state index contributed by atoms with van der Waals surface area (Å²) < 4.78 is 0. The molecule has 0 aliphatic heterocycles. The molecule has 0 fully saturated rings. The summed E-state index contributed by atoms with van der Waals surface area (Å²) in [5.41, 5.74) is 0. The van der Waals surface area contributed by atoms with Crippen LogP contribution >= 0.6 is 21.6 Å². The zero-order valence-electron chi connectivity index (χ0n) is 14.2. The molecule has 2 nitrogen and oxygen atoms in total. The van der Waals surface area contributed by atoms with Crippen LogP contribution in [0.25, 0.3) is 0 Å². The Kier molecular flexibility index (Phi) is 21.5. The molecule has 0 spiro atoms. The van der Waals surface area contributed by atoms with E-state index < -0.39 is 0 Å². The SMILES string of the molecule is CC.CCCCCCSSCCNC(=O)CCC(C)C. The molecule has 0 unspecified atom stereocenters. The lowest BCUT2D eigenvalue weighted by Crippen LogP contribution is -2.25. The number of amides is 1. The number of carbonyl (C=O) groups excluding carboxylic acids is 1. The van der Waals surface area contributed by atoms with Crippen LogP contribution in [0.3, 0.4) is 0 Å². The van der Waals surface area contributed by atoms with E-state index in [-0.39, 0.29) is 5.91 Å². The fraction of sp³-hybridized carbons (Fsp3) is 0.938. The molecule has 122 valence electrons. The quantitative estimate of drug-likeness (QED) is 0.379. The van der Waals surface area contributed by atoms with Gasteiger partial charge in [0.1, 0.15) is 0 Å². The van der Waals surface area contributed by atoms with Crippen molar-refractivity contribution in [2.75, 3.05) is 18.1 Å². The van der Waals surface area contributed by atoms with Gasteiger partial charge in [0.05, 0.1) is 0 Å². The fourth-order valence-corrected chi connectivity index (χ4v) is 3.50. The van der Waals surface area contributed by atoms with Gasteiger partial charge in [-0.05, 0) is 18.8 Å². The van der Waals surface area contributed by atoms with Crippen molar-refractivity contribution < 1.29 is 4.79 Å². The minimum Gasteiger partial charge on any atom is -0.355 e. The summed E-state index contributed by atoms with van der Waals surface area (Å²) in [6.07, 6.45) is 7.01. The lowest BCUT2D eigenvalue weighted by atomic mass is 10.1. The molecule has 0 aliphatic carbocycles. The van der Waals surface area contributed by atoms with Crippen LogP contribution in [-0.2, 0) is 4.79 Å². The Morgan fingerprint density at radius 1 is 1.05 bits per heavy atom. The second-order valence-corrected chi connectivity index (χ2v) is 7.69. The highest BCUT2D eigenvalue weighted by Gasteiger charge is 2.02. The van der Waals surface area contributed by atoms with Gasteiger partial charge in [-0.2, -0.15) is 0 Å². The maximum atomic E-state index is 11.4. The van der Waals surface area contributed by atoms with Crippen LogP contribution in [0.4, 0.5) is 0 Å². The van der Waals surface area contributed by atoms with Gasteiger partial charge in [-0.25, -0.2) is 0 Å². The molecule has 0 atom stereocenters. The predicted molar refractivity (Wildman–Crippen MR) is 97.5 cm³/mol. The van der Waals surface area contributed by atoms with Crippen LogP contribution < -0.4 is 5.32 Å². The van der Waals surface area contributed by atoms with Gasteiger partial charge in [0, 0.05) is 24.5 Å². The monoisotopic (exact) mass is 321 g/mol. The highest BCUT2D eigenvalue weighted by molar-refractivity contribution is 8.76. The molecule has 0 bridgehead atoms. The predicted octanol–water partition coefficient (Wildman–Crippen LogP) is 5.53. The van der Waals surface area contributed by atoms with Gasteiger partial charge >= 0.3 is 0 Å². The third-order valence-corrected chi connectivity index (χ3v) is 5.11. The van der Waals surface area contributed by atoms with Crippen LogP contribution in [0.5, 0.6) is 0 Å². The second-order valence-electron chi connectivity index (χ2n) is 4.99. The van der Waals surface area contributed by atoms with Crippen molar-refractivity contribution in [3.8, 4) is 0 Å². The van der Waals surface area contributed by atoms with Crippen molar-refractivity contribution in [2.24, 2.45) is 5.92 Å². The molecule has 0 saturated heterocycles. The molecule has 0 saturated carbocycles. The van der Waals surface area contributed by atoms with Crippen LogP contribution in [0, 0.1) is 5.92 Å². The summed E-state index contributed by atoms with van der Waals surface area (Å²) >= 11 is 0. The molecule has 1 amide bonds. The molecule has 0 aromatic heterocycles. The van der Waals surface area contributed by atoms with E-state index in [2.05, 4.69) is 26.1 Å². The van der Waals surface area contributed by atoms with Crippen molar-refractivity contribution >= 4 is 27.5 Å². The average Bonchev–Trinajstić information content (AvgIpc) is 2.45. The van der Waals surface area contributed by atoms with E-state index in [1.807, 2.05) is 35.4 Å². The number of carbonyl (C=O) groups is 1. The minimum atomic E-state index is 0.206. The van der Waals surface area contributed by atoms with Crippen molar-refractivity contribution in [3.05, 3.63) is 0 Å². The lowest BCUT2D eigenvalue weighted by molar-refractivity contribution is -0.121. The number of rotatable bonds is 12. The Labute approximate surface area is 135 Å². The number of nitrogens with one attached hydrogen (secondary N) is 1. The maximum absolute atomic E-state index is 11.4. The summed E-state index contributed by atoms with van der Waals surface area (Å²) in [4.78, 5) is 11.4. The van der Waals surface area contributed by atoms with Crippen LogP contribution in [0.2, 0.25) is 0 Å². The van der Waals surface area contributed by atoms with E-state index in [9.17, 15) is 4.79 Å². The third kappa shape index (κ3) is 20.5. The van der Waals surface area contributed by atoms with Gasteiger partial charge in [-0.1, -0.05) is 75.5 Å². The molecule has 0 heterocycles. The number of hydrogen-bond acceptors (Lipinski definition) is 3. The minimum absolute atomic E-state index is 0.206. The normalized spacial score (nSPS) is 10.1. The summed E-state index contributed by atoms with van der Waals surface area (Å²) in [6.45, 7) is 11.4. The highest BCUT2D eigenvalue weighted by Crippen LogP contribution is 2.22. The molecule has 1 N–H and O–H groups in total. The van der Waals surface area contributed by atoms with Gasteiger partial charge < -0.3 is 5.32 Å². The average molecular weight is 322 g/mol. The van der Waals surface area contributed by atoms with Crippen LogP contribution in [0.1, 0.15) is 73.1 Å². The number of hydrogen-bond donors (Lipinski definition) is 1. The highest BCUT2D eigenvalue weighted by atomic mass is 33.1. The first kappa shape index (κ1) is 22.5. The Morgan fingerprint density at radius 3 is 2.30 bits per heavy atom. The Balaban J connectivity index is 0. The second kappa shape index (κ2) is 19.2. The molecular formula is C16H35NOS2. The Morgan fingerprint density at radius 2 is 1.70 bits per heavy atom. The summed E-state index contributed by atoms with van der Waals surface area (Å²) in [6, 6.07) is 0. The van der Waals surface area contributed by atoms with E-state index in [0.29, 0.717) is 12.3 Å². The third-order valence-electron chi connectivity index (χ3n) is 2.62. The van der Waals surface area contributed by atoms with E-state index in [4.69, 9.17) is 0 Å². The van der Waals surface area contributed by atoms with Crippen LogP contribution in [0.15, 0.2) is 0 Å². The molecule has 0 aromatic carbocycles. The van der Waals surface area contributed by atoms with Crippen molar-refractivity contribution in [1.29, 1.82) is 0 Å². The standard InChI is InChI=1S/C14H29NOS2.C2H6/c1-4-5-6-7-11-17-18-12-10-15-14(16)9-8-13(2)3;1-2/h13H,4-12H2,1-3H3,(H,15,16);1-2H3. The smallest absolute Gasteiger partial charge is 0.220 e. The molecule has 0 aliphatic rings. The Bertz CT molecular complexity index is 199. The van der Waals surface area contributed by atoms with Gasteiger partial charge in [-0.15, -0.1) is 0 Å². The first-order chi connectivity index (χ1) is 9.66. The maximum Gasteiger partial charge on any atom is 0.220 e. The van der Waals surface area contributed by atoms with E-state index in [1.54, 1.807) is 0 Å². The van der Waals surface area contributed by atoms with Crippen molar-refractivity contribution in [1.82, 2.24) is 5.32 Å². The molecule has 0 rings (SSSR count). The fourth-order valence-electron chi connectivity index (χ4n) is 1.45. The zero-order valence-corrected chi connectivity index (χ0v) is 15.8. The summed E-state index contributed by atoms with van der Waals surface area (Å²) in [5, 5.41) is 2.98. The van der Waals surface area contributed by atoms with Crippen molar-refractivity contribution in [3.63, 3.8) is 0 Å². The van der Waals surface area contributed by atoms with E-state index >= 15 is 0 Å². The first-order valence-electron chi connectivity index (χ1n) is 8.18. The van der Waals surface area contributed by atoms with Gasteiger partial charge in [-0.3, -0.25) is 4.79 Å². The first-order valence-corrected chi connectivity index (χ1v) is 10.7. The van der Waals surface area contributed by atoms with E-state index in [1.165, 1.54) is 31.4 Å². The largest absolute Gasteiger partial charge is 0.355 e. The summed E-state index contributed by atoms with van der Waals surface area (Å²) in [7, 11) is 3.82. The van der Waals surface area contributed by atoms with Crippen LogP contribution in [-0.4, -0.2) is 24.0 Å². The van der Waals surface area contributed by atoms with Crippen molar-refractivity contribution in [2.45, 2.75) is 73.1 Å². The van der Waals surface area contributed by atoms with Gasteiger partial charge in [0.25, 0.3) is 0 Å². The van der Waals surface area contributed by atoms with Gasteiger partial charge in [0.2, 0.25) is 5.91 Å². The molecule has 0 radical (unpaired) electrons. The lowest BCUT2D eigenvalue weighted by Gasteiger charge is -2.06. The molecular weight excluding hydrogens is 286 g/mol. The molecule has 0 aromatic rings. The number of unbranched alkanes of at least 4 members (excludes halogenated alkanes) is 3. The molecule has 4 heteroatoms. The molecule has 20 heavy (non-hydrogen) atoms. The van der Waals surface area contributed by atoms with E-state index in [0.717, 1.165) is 18.7 Å². The van der Waals surface area contributed by atoms with Gasteiger partial charge in [0.15, 0.2) is 0 Å². The topological polar surface area (TPSA) is 29.1 Å². The summed E-state index contributed by atoms with van der Waals surface area (Å²) in [5.74, 6) is 3.08. The zero-order chi connectivity index (χ0) is 15.6.